The number of carbonyl (C=O) groups excluding carboxylic acids is 2. The molecule has 0 aromatic heterocycles. The van der Waals surface area contributed by atoms with E-state index < -0.39 is 0 Å². The van der Waals surface area contributed by atoms with Crippen molar-refractivity contribution in [2.45, 2.75) is 26.9 Å². The lowest BCUT2D eigenvalue weighted by Crippen LogP contribution is -2.53. The smallest absolute Gasteiger partial charge is 0.265 e. The summed E-state index contributed by atoms with van der Waals surface area (Å²) in [6.45, 7) is 5.77. The average molecular weight is 249 g/mol. The Balaban J connectivity index is 2.63. The zero-order valence-electron chi connectivity index (χ0n) is 10.9. The maximum Gasteiger partial charge on any atom is 0.265 e. The highest BCUT2D eigenvalue weighted by Crippen LogP contribution is 2.00. The van der Waals surface area contributed by atoms with Crippen molar-refractivity contribution in [1.82, 2.24) is 15.8 Å². The normalized spacial score (nSPS) is 12.0. The third-order valence-electron chi connectivity index (χ3n) is 2.50. The van der Waals surface area contributed by atoms with Gasteiger partial charge in [-0.2, -0.15) is 5.01 Å². The summed E-state index contributed by atoms with van der Waals surface area (Å²) in [5, 5.41) is 4.40. The molecule has 1 aromatic rings. The highest BCUT2D eigenvalue weighted by molar-refractivity contribution is 5.93. The SMILES string of the molecule is CCN(NC(=O)c1ccccc1)C(C)NC(C)=O. The van der Waals surface area contributed by atoms with Gasteiger partial charge in [0.15, 0.2) is 0 Å². The number of nitrogens with one attached hydrogen (secondary N) is 2. The maximum atomic E-state index is 11.9. The van der Waals surface area contributed by atoms with Gasteiger partial charge in [-0.25, -0.2) is 0 Å². The quantitative estimate of drug-likeness (QED) is 0.607. The lowest BCUT2D eigenvalue weighted by atomic mass is 10.2. The van der Waals surface area contributed by atoms with Crippen LogP contribution in [0.5, 0.6) is 0 Å². The molecule has 98 valence electrons. The van der Waals surface area contributed by atoms with Gasteiger partial charge in [0.05, 0.1) is 6.17 Å². The highest BCUT2D eigenvalue weighted by Gasteiger charge is 2.15. The number of benzene rings is 1. The first-order valence-corrected chi connectivity index (χ1v) is 5.94. The van der Waals surface area contributed by atoms with Gasteiger partial charge in [-0.15, -0.1) is 0 Å². The molecular weight excluding hydrogens is 230 g/mol. The van der Waals surface area contributed by atoms with Crippen molar-refractivity contribution in [2.75, 3.05) is 6.54 Å². The summed E-state index contributed by atoms with van der Waals surface area (Å²) in [5.41, 5.74) is 3.36. The van der Waals surface area contributed by atoms with Gasteiger partial charge in [-0.3, -0.25) is 15.0 Å². The molecule has 0 fully saturated rings. The van der Waals surface area contributed by atoms with Crippen LogP contribution in [-0.4, -0.2) is 29.5 Å². The summed E-state index contributed by atoms with van der Waals surface area (Å²) in [6, 6.07) is 8.96. The second-order valence-corrected chi connectivity index (χ2v) is 3.97. The van der Waals surface area contributed by atoms with Crippen LogP contribution in [0.1, 0.15) is 31.1 Å². The van der Waals surface area contributed by atoms with Gasteiger partial charge in [0, 0.05) is 19.0 Å². The van der Waals surface area contributed by atoms with Crippen molar-refractivity contribution in [3.63, 3.8) is 0 Å². The standard InChI is InChI=1S/C13H19N3O2/c1-4-16(10(2)14-11(3)17)15-13(18)12-8-6-5-7-9-12/h5-10H,4H2,1-3H3,(H,14,17)(H,15,18). The summed E-state index contributed by atoms with van der Waals surface area (Å²) < 4.78 is 0. The monoisotopic (exact) mass is 249 g/mol. The number of carbonyl (C=O) groups is 2. The van der Waals surface area contributed by atoms with E-state index in [9.17, 15) is 9.59 Å². The van der Waals surface area contributed by atoms with Crippen LogP contribution >= 0.6 is 0 Å². The fraction of sp³-hybridized carbons (Fsp3) is 0.385. The Morgan fingerprint density at radius 1 is 1.28 bits per heavy atom. The van der Waals surface area contributed by atoms with Crippen LogP contribution in [-0.2, 0) is 4.79 Å². The van der Waals surface area contributed by atoms with E-state index >= 15 is 0 Å². The molecule has 2 amide bonds. The fourth-order valence-electron chi connectivity index (χ4n) is 1.61. The molecular formula is C13H19N3O2. The molecule has 0 heterocycles. The fourth-order valence-corrected chi connectivity index (χ4v) is 1.61. The van der Waals surface area contributed by atoms with Crippen molar-refractivity contribution < 1.29 is 9.59 Å². The van der Waals surface area contributed by atoms with E-state index in [1.807, 2.05) is 32.0 Å². The molecule has 18 heavy (non-hydrogen) atoms. The molecule has 0 radical (unpaired) electrons. The van der Waals surface area contributed by atoms with Crippen LogP contribution in [0.25, 0.3) is 0 Å². The summed E-state index contributed by atoms with van der Waals surface area (Å²) in [5.74, 6) is -0.315. The third-order valence-corrected chi connectivity index (χ3v) is 2.50. The Kier molecular flexibility index (Phi) is 5.32. The Morgan fingerprint density at radius 2 is 1.89 bits per heavy atom. The number of hydrogen-bond acceptors (Lipinski definition) is 3. The Hall–Kier alpha value is -1.88. The second-order valence-electron chi connectivity index (χ2n) is 3.97. The summed E-state index contributed by atoms with van der Waals surface area (Å²) in [4.78, 5) is 22.9. The van der Waals surface area contributed by atoms with E-state index in [1.165, 1.54) is 6.92 Å². The lowest BCUT2D eigenvalue weighted by molar-refractivity contribution is -0.121. The van der Waals surface area contributed by atoms with Gasteiger partial charge in [0.1, 0.15) is 0 Å². The van der Waals surface area contributed by atoms with Crippen LogP contribution in [0.4, 0.5) is 0 Å². The molecule has 1 atom stereocenters. The van der Waals surface area contributed by atoms with E-state index in [1.54, 1.807) is 17.1 Å². The molecule has 0 spiro atoms. The van der Waals surface area contributed by atoms with Gasteiger partial charge >= 0.3 is 0 Å². The molecule has 0 bridgehead atoms. The Labute approximate surface area is 107 Å². The number of amides is 2. The van der Waals surface area contributed by atoms with Crippen LogP contribution in [0.2, 0.25) is 0 Å². The van der Waals surface area contributed by atoms with Crippen LogP contribution in [0.15, 0.2) is 30.3 Å². The topological polar surface area (TPSA) is 61.4 Å². The lowest BCUT2D eigenvalue weighted by Gasteiger charge is -2.28. The first-order valence-electron chi connectivity index (χ1n) is 5.94. The molecule has 1 aromatic carbocycles. The van der Waals surface area contributed by atoms with Crippen molar-refractivity contribution in [3.8, 4) is 0 Å². The van der Waals surface area contributed by atoms with Crippen molar-refractivity contribution >= 4 is 11.8 Å². The second kappa shape index (κ2) is 6.76. The molecule has 2 N–H and O–H groups in total. The highest BCUT2D eigenvalue weighted by atomic mass is 16.2. The predicted molar refractivity (Wildman–Crippen MR) is 69.6 cm³/mol. The minimum Gasteiger partial charge on any atom is -0.339 e. The van der Waals surface area contributed by atoms with E-state index in [-0.39, 0.29) is 18.0 Å². The average Bonchev–Trinajstić information content (AvgIpc) is 2.35. The zero-order chi connectivity index (χ0) is 13.5. The molecule has 1 unspecified atom stereocenters. The van der Waals surface area contributed by atoms with E-state index in [4.69, 9.17) is 0 Å². The summed E-state index contributed by atoms with van der Waals surface area (Å²) in [7, 11) is 0. The number of rotatable bonds is 5. The van der Waals surface area contributed by atoms with Crippen LogP contribution in [0.3, 0.4) is 0 Å². The Morgan fingerprint density at radius 3 is 2.39 bits per heavy atom. The zero-order valence-corrected chi connectivity index (χ0v) is 10.9. The number of nitrogens with zero attached hydrogens (tertiary/aromatic N) is 1. The van der Waals surface area contributed by atoms with Gasteiger partial charge in [-0.05, 0) is 19.1 Å². The minimum atomic E-state index is -0.250. The largest absolute Gasteiger partial charge is 0.339 e. The predicted octanol–water partition coefficient (Wildman–Crippen LogP) is 1.14. The number of hydrazine groups is 1. The molecule has 5 nitrogen and oxygen atoms in total. The molecule has 0 aliphatic heterocycles. The summed E-state index contributed by atoms with van der Waals surface area (Å²) in [6.07, 6.45) is -0.250. The number of hydrogen-bond donors (Lipinski definition) is 2. The van der Waals surface area contributed by atoms with Crippen molar-refractivity contribution in [3.05, 3.63) is 35.9 Å². The van der Waals surface area contributed by atoms with E-state index in [2.05, 4.69) is 10.7 Å². The van der Waals surface area contributed by atoms with Crippen LogP contribution in [0, 0.1) is 0 Å². The third kappa shape index (κ3) is 4.18. The molecule has 1 rings (SSSR count). The molecule has 0 saturated carbocycles. The van der Waals surface area contributed by atoms with Crippen molar-refractivity contribution in [2.24, 2.45) is 0 Å². The van der Waals surface area contributed by atoms with E-state index in [0.717, 1.165) is 0 Å². The maximum absolute atomic E-state index is 11.9. The molecule has 5 heteroatoms. The molecule has 0 aliphatic carbocycles. The first-order chi connectivity index (χ1) is 8.54. The molecule has 0 aliphatic rings. The van der Waals surface area contributed by atoms with Gasteiger partial charge in [0.25, 0.3) is 5.91 Å². The van der Waals surface area contributed by atoms with Crippen molar-refractivity contribution in [1.29, 1.82) is 0 Å². The Bertz CT molecular complexity index is 406. The van der Waals surface area contributed by atoms with E-state index in [0.29, 0.717) is 12.1 Å². The summed E-state index contributed by atoms with van der Waals surface area (Å²) >= 11 is 0. The van der Waals surface area contributed by atoms with Gasteiger partial charge in [-0.1, -0.05) is 25.1 Å². The minimum absolute atomic E-state index is 0.130. The van der Waals surface area contributed by atoms with Gasteiger partial charge < -0.3 is 5.32 Å². The molecule has 0 saturated heterocycles. The van der Waals surface area contributed by atoms with Crippen LogP contribution < -0.4 is 10.7 Å². The first kappa shape index (κ1) is 14.2. The van der Waals surface area contributed by atoms with Gasteiger partial charge in [0.2, 0.25) is 5.91 Å².